The lowest BCUT2D eigenvalue weighted by molar-refractivity contribution is 0.402. The highest BCUT2D eigenvalue weighted by Gasteiger charge is 2.18. The average Bonchev–Trinajstić information content (AvgIpc) is 3.54. The molecule has 1 aromatic carbocycles. The first-order valence-corrected chi connectivity index (χ1v) is 14.5. The number of hydrogen-bond donors (Lipinski definition) is 3. The Bertz CT molecular complexity index is 2020. The van der Waals surface area contributed by atoms with Crippen molar-refractivity contribution in [1.82, 2.24) is 44.7 Å². The Labute approximate surface area is 235 Å². The van der Waals surface area contributed by atoms with Crippen LogP contribution in [0.3, 0.4) is 0 Å². The fourth-order valence-corrected chi connectivity index (χ4v) is 5.13. The number of nitrogens with zero attached hydrogens (tertiary/aromatic N) is 6. The molecule has 0 aliphatic heterocycles. The van der Waals surface area contributed by atoms with E-state index in [-0.39, 0.29) is 6.54 Å². The third-order valence-corrected chi connectivity index (χ3v) is 7.10. The number of sulfonamides is 1. The van der Waals surface area contributed by atoms with E-state index in [0.717, 1.165) is 40.5 Å². The van der Waals surface area contributed by atoms with Crippen LogP contribution in [0.2, 0.25) is 0 Å². The van der Waals surface area contributed by atoms with Crippen LogP contribution in [0.5, 0.6) is 0 Å². The minimum absolute atomic E-state index is 0.0470. The minimum Gasteiger partial charge on any atom is -0.336 e. The van der Waals surface area contributed by atoms with Crippen LogP contribution in [0, 0.1) is 5.82 Å². The van der Waals surface area contributed by atoms with E-state index in [1.165, 1.54) is 12.1 Å². The fourth-order valence-electron chi connectivity index (χ4n) is 4.70. The number of H-pyrrole nitrogens is 2. The molecule has 0 unspecified atom stereocenters. The molecule has 0 aliphatic carbocycles. The second kappa shape index (κ2) is 10.4. The van der Waals surface area contributed by atoms with Crippen molar-refractivity contribution in [2.75, 3.05) is 20.4 Å². The smallest absolute Gasteiger partial charge is 0.209 e. The highest BCUT2D eigenvalue weighted by molar-refractivity contribution is 7.88. The van der Waals surface area contributed by atoms with Crippen LogP contribution in [-0.2, 0) is 23.1 Å². The Morgan fingerprint density at radius 3 is 2.59 bits per heavy atom. The zero-order chi connectivity index (χ0) is 28.7. The second-order valence-corrected chi connectivity index (χ2v) is 11.9. The number of nitrogens with one attached hydrogen (secondary N) is 3. The van der Waals surface area contributed by atoms with Crippen LogP contribution in [0.1, 0.15) is 11.1 Å². The van der Waals surface area contributed by atoms with Crippen LogP contribution in [-0.4, -0.2) is 68.8 Å². The number of benzene rings is 1. The van der Waals surface area contributed by atoms with E-state index < -0.39 is 15.8 Å². The summed E-state index contributed by atoms with van der Waals surface area (Å²) >= 11 is 0. The summed E-state index contributed by atoms with van der Waals surface area (Å²) < 4.78 is 40.0. The van der Waals surface area contributed by atoms with Gasteiger partial charge in [-0.15, -0.1) is 0 Å². The molecule has 0 amide bonds. The summed E-state index contributed by atoms with van der Waals surface area (Å²) in [6, 6.07) is 10.1. The van der Waals surface area contributed by atoms with Gasteiger partial charge >= 0.3 is 0 Å². The van der Waals surface area contributed by atoms with Crippen molar-refractivity contribution in [3.63, 3.8) is 0 Å². The summed E-state index contributed by atoms with van der Waals surface area (Å²) in [4.78, 5) is 23.7. The van der Waals surface area contributed by atoms with E-state index in [4.69, 9.17) is 4.98 Å². The molecule has 13 heteroatoms. The quantitative estimate of drug-likeness (QED) is 0.250. The van der Waals surface area contributed by atoms with Gasteiger partial charge in [-0.05, 0) is 61.6 Å². The zero-order valence-corrected chi connectivity index (χ0v) is 23.3. The van der Waals surface area contributed by atoms with Gasteiger partial charge in [0.15, 0.2) is 5.82 Å². The molecule has 0 radical (unpaired) electrons. The third kappa shape index (κ3) is 5.68. The number of aromatic amines is 2. The molecule has 6 rings (SSSR count). The van der Waals surface area contributed by atoms with E-state index in [1.54, 1.807) is 30.7 Å². The lowest BCUT2D eigenvalue weighted by Crippen LogP contribution is -2.21. The normalized spacial score (nSPS) is 12.1. The van der Waals surface area contributed by atoms with Crippen molar-refractivity contribution in [2.24, 2.45) is 0 Å². The Hall–Kier alpha value is -4.59. The van der Waals surface area contributed by atoms with Gasteiger partial charge in [-0.2, -0.15) is 5.10 Å². The summed E-state index contributed by atoms with van der Waals surface area (Å²) in [6.45, 7) is 0.713. The summed E-state index contributed by atoms with van der Waals surface area (Å²) in [5.74, 6) is -0.00247. The molecule has 0 spiro atoms. The van der Waals surface area contributed by atoms with E-state index in [1.807, 2.05) is 26.4 Å². The monoisotopic (exact) mass is 571 g/mol. The molecule has 208 valence electrons. The standard InChI is InChI=1S/C28H26FN9O2S/c1-38(2)15-17-7-19(13-30-11-17)23-10-21-24(14-32-23)36-37-26(21)28-34-22-4-5-31-25(27(22)35-28)18-6-16(8-20(29)9-18)12-33-41(3,39)40/h4-11,13-14,33H,12,15H2,1-3H3,(H,34,35)(H,36,37). The molecular formula is C28H26FN9O2S. The second-order valence-electron chi connectivity index (χ2n) is 10.1. The Morgan fingerprint density at radius 1 is 0.951 bits per heavy atom. The minimum atomic E-state index is -3.44. The molecule has 0 saturated carbocycles. The first kappa shape index (κ1) is 26.6. The van der Waals surface area contributed by atoms with Crippen molar-refractivity contribution in [2.45, 2.75) is 13.1 Å². The summed E-state index contributed by atoms with van der Waals surface area (Å²) in [6.07, 6.45) is 8.02. The maximum atomic E-state index is 14.5. The first-order chi connectivity index (χ1) is 19.6. The topological polar surface area (TPSA) is 145 Å². The summed E-state index contributed by atoms with van der Waals surface area (Å²) in [5.41, 5.74) is 6.67. The molecule has 0 fully saturated rings. The van der Waals surface area contributed by atoms with Crippen molar-refractivity contribution in [3.8, 4) is 34.0 Å². The van der Waals surface area contributed by atoms with Gasteiger partial charge in [0.05, 0.1) is 34.9 Å². The van der Waals surface area contributed by atoms with Gasteiger partial charge in [0.1, 0.15) is 17.0 Å². The van der Waals surface area contributed by atoms with Crippen LogP contribution in [0.15, 0.2) is 61.2 Å². The number of fused-ring (bicyclic) bond motifs is 2. The highest BCUT2D eigenvalue weighted by Crippen LogP contribution is 2.32. The maximum absolute atomic E-state index is 14.5. The van der Waals surface area contributed by atoms with Crippen LogP contribution in [0.4, 0.5) is 4.39 Å². The molecule has 0 atom stereocenters. The van der Waals surface area contributed by atoms with E-state index in [2.05, 4.69) is 45.8 Å². The fraction of sp³-hybridized carbons (Fsp3) is 0.179. The zero-order valence-electron chi connectivity index (χ0n) is 22.5. The van der Waals surface area contributed by atoms with Crippen molar-refractivity contribution in [1.29, 1.82) is 0 Å². The van der Waals surface area contributed by atoms with Gasteiger partial charge in [0.2, 0.25) is 10.0 Å². The van der Waals surface area contributed by atoms with Crippen LogP contribution < -0.4 is 4.72 Å². The van der Waals surface area contributed by atoms with Gasteiger partial charge in [-0.25, -0.2) is 22.5 Å². The molecule has 0 aliphatic rings. The summed E-state index contributed by atoms with van der Waals surface area (Å²) in [5, 5.41) is 8.34. The van der Waals surface area contributed by atoms with Gasteiger partial charge < -0.3 is 9.88 Å². The van der Waals surface area contributed by atoms with Gasteiger partial charge in [0, 0.05) is 48.2 Å². The van der Waals surface area contributed by atoms with E-state index in [9.17, 15) is 12.8 Å². The predicted octanol–water partition coefficient (Wildman–Crippen LogP) is 3.88. The van der Waals surface area contributed by atoms with Gasteiger partial charge in [0.25, 0.3) is 0 Å². The molecule has 0 bridgehead atoms. The molecule has 6 aromatic rings. The van der Waals surface area contributed by atoms with Gasteiger partial charge in [-0.1, -0.05) is 0 Å². The lowest BCUT2D eigenvalue weighted by Gasteiger charge is -2.10. The lowest BCUT2D eigenvalue weighted by atomic mass is 10.1. The highest BCUT2D eigenvalue weighted by atomic mass is 32.2. The number of hydrogen-bond acceptors (Lipinski definition) is 8. The number of halogens is 1. The average molecular weight is 572 g/mol. The molecule has 3 N–H and O–H groups in total. The number of aromatic nitrogens is 7. The van der Waals surface area contributed by atoms with Gasteiger partial charge in [-0.3, -0.25) is 20.1 Å². The number of pyridine rings is 3. The van der Waals surface area contributed by atoms with Crippen LogP contribution in [0.25, 0.3) is 56.0 Å². The summed E-state index contributed by atoms with van der Waals surface area (Å²) in [7, 11) is 0.573. The number of imidazole rings is 1. The third-order valence-electron chi connectivity index (χ3n) is 6.43. The molecule has 41 heavy (non-hydrogen) atoms. The van der Waals surface area contributed by atoms with Crippen molar-refractivity contribution < 1.29 is 12.8 Å². The molecule has 5 aromatic heterocycles. The molecule has 11 nitrogen and oxygen atoms in total. The predicted molar refractivity (Wildman–Crippen MR) is 154 cm³/mol. The van der Waals surface area contributed by atoms with Crippen molar-refractivity contribution >= 4 is 32.0 Å². The maximum Gasteiger partial charge on any atom is 0.209 e. The van der Waals surface area contributed by atoms with Crippen molar-refractivity contribution in [3.05, 3.63) is 78.1 Å². The first-order valence-electron chi connectivity index (χ1n) is 12.7. The Kier molecular flexibility index (Phi) is 6.77. The number of rotatable bonds is 8. The Morgan fingerprint density at radius 2 is 1.78 bits per heavy atom. The Balaban J connectivity index is 1.40. The van der Waals surface area contributed by atoms with E-state index >= 15 is 0 Å². The molecule has 0 saturated heterocycles. The largest absolute Gasteiger partial charge is 0.336 e. The molecule has 5 heterocycles. The SMILES string of the molecule is CN(C)Cc1cncc(-c2cc3c(-c4nc5c(-c6cc(F)cc(CNS(C)(=O)=O)c6)nccc5[nH]4)n[nH]c3cn2)c1. The van der Waals surface area contributed by atoms with Crippen LogP contribution >= 0.6 is 0 Å². The van der Waals surface area contributed by atoms with E-state index in [0.29, 0.717) is 39.4 Å². The molecular weight excluding hydrogens is 545 g/mol.